The van der Waals surface area contributed by atoms with Gasteiger partial charge in [-0.25, -0.2) is 12.8 Å². The largest absolute Gasteiger partial charge is 0.372 e. The summed E-state index contributed by atoms with van der Waals surface area (Å²) in [5, 5.41) is 0. The Bertz CT molecular complexity index is 771. The molecule has 1 N–H and O–H groups in total. The van der Waals surface area contributed by atoms with E-state index in [1.165, 1.54) is 22.5 Å². The maximum absolute atomic E-state index is 13.4. The summed E-state index contributed by atoms with van der Waals surface area (Å²) in [4.78, 5) is 15.4. The number of carbonyl (C=O) groups is 1. The van der Waals surface area contributed by atoms with E-state index in [0.29, 0.717) is 45.8 Å². The highest BCUT2D eigenvalue weighted by Crippen LogP contribution is 2.16. The summed E-state index contributed by atoms with van der Waals surface area (Å²) in [6.07, 6.45) is 0.0573. The van der Waals surface area contributed by atoms with Crippen molar-refractivity contribution < 1.29 is 27.2 Å². The van der Waals surface area contributed by atoms with Gasteiger partial charge >= 0.3 is 0 Å². The Balaban J connectivity index is 1.55. The molecule has 1 aromatic rings. The maximum atomic E-state index is 13.4. The van der Waals surface area contributed by atoms with Crippen LogP contribution in [0.1, 0.15) is 13.8 Å². The number of rotatable bonds is 4. The minimum atomic E-state index is -3.70. The van der Waals surface area contributed by atoms with Crippen molar-refractivity contribution in [1.29, 1.82) is 0 Å². The van der Waals surface area contributed by atoms with E-state index in [1.807, 2.05) is 18.7 Å². The molecule has 2 aliphatic heterocycles. The highest BCUT2D eigenvalue weighted by Gasteiger charge is 2.33. The number of piperazine rings is 1. The lowest BCUT2D eigenvalue weighted by atomic mass is 10.2. The maximum Gasteiger partial charge on any atom is 0.277 e. The van der Waals surface area contributed by atoms with Gasteiger partial charge in [0.2, 0.25) is 10.0 Å². The first-order chi connectivity index (χ1) is 12.8. The molecule has 3 rings (SSSR count). The van der Waals surface area contributed by atoms with Gasteiger partial charge < -0.3 is 14.5 Å². The second-order valence-electron chi connectivity index (χ2n) is 7.34. The minimum absolute atomic E-state index is 0.0287. The molecule has 0 bridgehead atoms. The van der Waals surface area contributed by atoms with Crippen LogP contribution in [0.3, 0.4) is 0 Å². The normalized spacial score (nSPS) is 25.5. The third kappa shape index (κ3) is 4.84. The van der Waals surface area contributed by atoms with Crippen LogP contribution in [0.2, 0.25) is 0 Å². The van der Waals surface area contributed by atoms with Crippen molar-refractivity contribution in [3.63, 3.8) is 0 Å². The molecule has 2 fully saturated rings. The number of ether oxygens (including phenoxy) is 1. The molecule has 2 heterocycles. The van der Waals surface area contributed by atoms with Gasteiger partial charge in [0.25, 0.3) is 5.91 Å². The average Bonchev–Trinajstić information content (AvgIpc) is 2.61. The smallest absolute Gasteiger partial charge is 0.277 e. The molecule has 0 spiro atoms. The molecule has 0 unspecified atom stereocenters. The predicted molar refractivity (Wildman–Crippen MR) is 97.3 cm³/mol. The second-order valence-corrected chi connectivity index (χ2v) is 9.28. The lowest BCUT2D eigenvalue weighted by Gasteiger charge is -2.37. The average molecular weight is 400 g/mol. The summed E-state index contributed by atoms with van der Waals surface area (Å²) >= 11 is 0. The van der Waals surface area contributed by atoms with E-state index in [4.69, 9.17) is 4.74 Å². The molecule has 1 amide bonds. The highest BCUT2D eigenvalue weighted by atomic mass is 32.2. The van der Waals surface area contributed by atoms with Crippen molar-refractivity contribution >= 4 is 15.9 Å². The number of nitrogens with zero attached hydrogens (tertiary/aromatic N) is 2. The molecule has 7 nitrogen and oxygen atoms in total. The van der Waals surface area contributed by atoms with Crippen molar-refractivity contribution in [3.05, 3.63) is 30.1 Å². The van der Waals surface area contributed by atoms with E-state index in [0.717, 1.165) is 11.0 Å². The fourth-order valence-corrected chi connectivity index (χ4v) is 5.18. The highest BCUT2D eigenvalue weighted by molar-refractivity contribution is 7.89. The Morgan fingerprint density at radius 3 is 2.44 bits per heavy atom. The Morgan fingerprint density at radius 1 is 1.22 bits per heavy atom. The molecule has 150 valence electrons. The van der Waals surface area contributed by atoms with Crippen LogP contribution in [0.25, 0.3) is 0 Å². The Labute approximate surface area is 159 Å². The van der Waals surface area contributed by atoms with Gasteiger partial charge in [0.1, 0.15) is 5.82 Å². The quantitative estimate of drug-likeness (QED) is 0.729. The number of benzene rings is 1. The number of nitrogens with one attached hydrogen (secondary N) is 1. The molecular weight excluding hydrogens is 373 g/mol. The molecule has 2 saturated heterocycles. The molecule has 9 heteroatoms. The van der Waals surface area contributed by atoms with Crippen LogP contribution in [0.4, 0.5) is 4.39 Å². The standard InChI is InChI=1S/C18H26FN3O4S/c1-14-11-21(12-15(2)26-14)18(23)13-20-6-8-22(9-7-20)27(24,25)17-5-3-4-16(19)10-17/h3-5,10,14-15H,6-9,11-13H2,1-2H3/p+1/t14-,15-/m0/s1. The summed E-state index contributed by atoms with van der Waals surface area (Å²) in [5.74, 6) is -0.492. The fraction of sp³-hybridized carbons (Fsp3) is 0.611. The van der Waals surface area contributed by atoms with Crippen LogP contribution < -0.4 is 4.90 Å². The van der Waals surface area contributed by atoms with Gasteiger partial charge in [-0.15, -0.1) is 0 Å². The van der Waals surface area contributed by atoms with Crippen molar-refractivity contribution in [2.75, 3.05) is 45.8 Å². The first-order valence-corrected chi connectivity index (χ1v) is 10.7. The van der Waals surface area contributed by atoms with E-state index in [-0.39, 0.29) is 23.0 Å². The van der Waals surface area contributed by atoms with Gasteiger partial charge in [0.05, 0.1) is 43.3 Å². The fourth-order valence-electron chi connectivity index (χ4n) is 3.70. The zero-order valence-electron chi connectivity index (χ0n) is 15.7. The molecule has 1 aromatic carbocycles. The van der Waals surface area contributed by atoms with Crippen molar-refractivity contribution in [2.24, 2.45) is 0 Å². The minimum Gasteiger partial charge on any atom is -0.372 e. The molecule has 2 atom stereocenters. The number of hydrogen-bond acceptors (Lipinski definition) is 4. The molecular formula is C18H27FN3O4S+. The first kappa shape index (κ1) is 20.2. The van der Waals surface area contributed by atoms with Gasteiger partial charge in [-0.1, -0.05) is 6.07 Å². The van der Waals surface area contributed by atoms with Gasteiger partial charge in [-0.05, 0) is 32.0 Å². The van der Waals surface area contributed by atoms with Crippen LogP contribution in [0, 0.1) is 5.82 Å². The van der Waals surface area contributed by atoms with E-state index in [9.17, 15) is 17.6 Å². The molecule has 0 radical (unpaired) electrons. The van der Waals surface area contributed by atoms with Gasteiger partial charge in [-0.3, -0.25) is 4.79 Å². The van der Waals surface area contributed by atoms with Crippen LogP contribution in [-0.2, 0) is 19.6 Å². The van der Waals surface area contributed by atoms with Crippen LogP contribution in [0.5, 0.6) is 0 Å². The summed E-state index contributed by atoms with van der Waals surface area (Å²) in [7, 11) is -3.70. The number of quaternary nitrogens is 1. The number of halogens is 1. The molecule has 0 aliphatic carbocycles. The summed E-state index contributed by atoms with van der Waals surface area (Å²) < 4.78 is 45.7. The zero-order chi connectivity index (χ0) is 19.6. The molecule has 2 aliphatic rings. The Kier molecular flexibility index (Phi) is 6.15. The van der Waals surface area contributed by atoms with Crippen LogP contribution in [-0.4, -0.2) is 81.6 Å². The number of sulfonamides is 1. The Hall–Kier alpha value is -1.55. The van der Waals surface area contributed by atoms with Gasteiger partial charge in [0, 0.05) is 13.1 Å². The van der Waals surface area contributed by atoms with Gasteiger partial charge in [0.15, 0.2) is 6.54 Å². The summed E-state index contributed by atoms with van der Waals surface area (Å²) in [6, 6.07) is 5.06. The topological polar surface area (TPSA) is 71.4 Å². The lowest BCUT2D eigenvalue weighted by Crippen LogP contribution is -3.15. The first-order valence-electron chi connectivity index (χ1n) is 9.28. The monoisotopic (exact) mass is 400 g/mol. The Morgan fingerprint density at radius 2 is 1.85 bits per heavy atom. The number of amides is 1. The van der Waals surface area contributed by atoms with Crippen molar-refractivity contribution in [3.8, 4) is 0 Å². The summed E-state index contributed by atoms with van der Waals surface area (Å²) in [5.41, 5.74) is 0. The van der Waals surface area contributed by atoms with Crippen molar-refractivity contribution in [2.45, 2.75) is 31.0 Å². The summed E-state index contributed by atoms with van der Waals surface area (Å²) in [6.45, 7) is 7.19. The molecule has 0 saturated carbocycles. The SMILES string of the molecule is C[C@H]1CN(C(=O)C[NH+]2CCN(S(=O)(=O)c3cccc(F)c3)CC2)C[C@H](C)O1. The van der Waals surface area contributed by atoms with Crippen LogP contribution in [0.15, 0.2) is 29.2 Å². The van der Waals surface area contributed by atoms with E-state index in [1.54, 1.807) is 0 Å². The number of carbonyl (C=O) groups excluding carboxylic acids is 1. The number of hydrogen-bond donors (Lipinski definition) is 1. The zero-order valence-corrected chi connectivity index (χ0v) is 16.5. The molecule has 27 heavy (non-hydrogen) atoms. The van der Waals surface area contributed by atoms with Gasteiger partial charge in [-0.2, -0.15) is 4.31 Å². The lowest BCUT2D eigenvalue weighted by molar-refractivity contribution is -0.896. The van der Waals surface area contributed by atoms with E-state index in [2.05, 4.69) is 0 Å². The second kappa shape index (κ2) is 8.22. The number of morpholine rings is 1. The predicted octanol–water partition coefficient (Wildman–Crippen LogP) is -0.649. The molecule has 0 aromatic heterocycles. The van der Waals surface area contributed by atoms with Crippen molar-refractivity contribution in [1.82, 2.24) is 9.21 Å². The van der Waals surface area contributed by atoms with E-state index >= 15 is 0 Å². The third-order valence-corrected chi connectivity index (χ3v) is 6.93. The third-order valence-electron chi connectivity index (χ3n) is 5.04. The van der Waals surface area contributed by atoms with Crippen LogP contribution >= 0.6 is 0 Å². The van der Waals surface area contributed by atoms with E-state index < -0.39 is 15.8 Å².